The van der Waals surface area contributed by atoms with Crippen molar-refractivity contribution in [2.75, 3.05) is 45.8 Å². The number of piperidine rings is 2. The number of halogens is 1. The van der Waals surface area contributed by atoms with Gasteiger partial charge >= 0.3 is 5.97 Å². The summed E-state index contributed by atoms with van der Waals surface area (Å²) in [5.74, 6) is -3.49. The van der Waals surface area contributed by atoms with Gasteiger partial charge in [-0.05, 0) is 62.3 Å². The zero-order valence-corrected chi connectivity index (χ0v) is 31.5. The molecule has 17 heteroatoms. The van der Waals surface area contributed by atoms with Crippen molar-refractivity contribution in [1.29, 1.82) is 0 Å². The van der Waals surface area contributed by atoms with Crippen LogP contribution >= 0.6 is 0 Å². The third kappa shape index (κ3) is 7.79. The van der Waals surface area contributed by atoms with E-state index in [2.05, 4.69) is 15.7 Å². The van der Waals surface area contributed by atoms with E-state index in [9.17, 15) is 28.8 Å². The Hall–Kier alpha value is -5.87. The smallest absolute Gasteiger partial charge is 0.322 e. The molecular weight excluding hydrogens is 725 g/mol. The van der Waals surface area contributed by atoms with Crippen molar-refractivity contribution in [1.82, 2.24) is 44.9 Å². The molecule has 2 aromatic carbocycles. The molecule has 2 aromatic heterocycles. The molecule has 0 spiro atoms. The lowest BCUT2D eigenvalue weighted by molar-refractivity contribution is -0.147. The first-order valence-corrected chi connectivity index (χ1v) is 19.1. The summed E-state index contributed by atoms with van der Waals surface area (Å²) in [4.78, 5) is 80.7. The molecule has 3 aliphatic heterocycles. The summed E-state index contributed by atoms with van der Waals surface area (Å²) in [7, 11) is 1.78. The van der Waals surface area contributed by atoms with Crippen molar-refractivity contribution >= 4 is 57.3 Å². The number of rotatable bonds is 10. The molecule has 7 rings (SSSR count). The number of likely N-dealkylation sites (tertiary alicyclic amines) is 3. The third-order valence-corrected chi connectivity index (χ3v) is 11.3. The molecule has 5 amide bonds. The number of hydrogen-bond acceptors (Lipinski definition) is 8. The lowest BCUT2D eigenvalue weighted by Crippen LogP contribution is -2.53. The first-order valence-electron chi connectivity index (χ1n) is 19.1. The predicted octanol–water partition coefficient (Wildman–Crippen LogP) is 2.00. The largest absolute Gasteiger partial charge is 0.480 e. The minimum absolute atomic E-state index is 0.00230. The highest BCUT2D eigenvalue weighted by Gasteiger charge is 2.39. The summed E-state index contributed by atoms with van der Waals surface area (Å²) >= 11 is 0. The van der Waals surface area contributed by atoms with E-state index in [1.165, 1.54) is 17.7 Å². The van der Waals surface area contributed by atoms with E-state index in [0.29, 0.717) is 97.9 Å². The van der Waals surface area contributed by atoms with Crippen LogP contribution in [0.15, 0.2) is 36.5 Å². The van der Waals surface area contributed by atoms with E-state index >= 15 is 4.39 Å². The number of fused-ring (bicyclic) bond motifs is 2. The van der Waals surface area contributed by atoms with Gasteiger partial charge in [-0.3, -0.25) is 38.1 Å². The number of carbonyl (C=O) groups is 6. The topological polar surface area (TPSA) is 192 Å². The highest BCUT2D eigenvalue weighted by Crippen LogP contribution is 2.40. The monoisotopic (exact) mass is 771 g/mol. The Morgan fingerprint density at radius 2 is 1.61 bits per heavy atom. The Morgan fingerprint density at radius 3 is 2.36 bits per heavy atom. The molecule has 3 saturated heterocycles. The zero-order valence-electron chi connectivity index (χ0n) is 31.5. The molecule has 296 valence electrons. The average molecular weight is 772 g/mol. The maximum Gasteiger partial charge on any atom is 0.322 e. The molecule has 56 heavy (non-hydrogen) atoms. The maximum atomic E-state index is 15.9. The van der Waals surface area contributed by atoms with Crippen molar-refractivity contribution in [3.8, 4) is 11.1 Å². The van der Waals surface area contributed by atoms with Crippen LogP contribution < -0.4 is 10.6 Å². The molecule has 2 atom stereocenters. The van der Waals surface area contributed by atoms with Crippen LogP contribution in [0.2, 0.25) is 0 Å². The van der Waals surface area contributed by atoms with Gasteiger partial charge in [0.1, 0.15) is 24.9 Å². The second-order valence-corrected chi connectivity index (χ2v) is 14.9. The summed E-state index contributed by atoms with van der Waals surface area (Å²) in [6.07, 6.45) is 5.53. The molecule has 0 aliphatic carbocycles. The van der Waals surface area contributed by atoms with Crippen LogP contribution in [0.3, 0.4) is 0 Å². The van der Waals surface area contributed by atoms with Crippen LogP contribution in [-0.4, -0.2) is 127 Å². The number of aromatic nitrogens is 4. The number of aryl methyl sites for hydroxylation is 1. The molecule has 0 radical (unpaired) electrons. The van der Waals surface area contributed by atoms with Gasteiger partial charge in [-0.2, -0.15) is 10.2 Å². The second-order valence-electron chi connectivity index (χ2n) is 14.9. The van der Waals surface area contributed by atoms with Crippen molar-refractivity contribution in [2.24, 2.45) is 13.0 Å². The van der Waals surface area contributed by atoms with Gasteiger partial charge in [-0.25, -0.2) is 4.39 Å². The molecule has 3 fully saturated rings. The van der Waals surface area contributed by atoms with E-state index in [4.69, 9.17) is 10.2 Å². The molecule has 2 unspecified atom stereocenters. The predicted molar refractivity (Wildman–Crippen MR) is 201 cm³/mol. The lowest BCUT2D eigenvalue weighted by Gasteiger charge is -2.39. The van der Waals surface area contributed by atoms with Gasteiger partial charge in [0, 0.05) is 68.9 Å². The van der Waals surface area contributed by atoms with E-state index in [1.807, 2.05) is 11.0 Å². The molecule has 0 bridgehead atoms. The van der Waals surface area contributed by atoms with Gasteiger partial charge in [0.25, 0.3) is 0 Å². The molecule has 4 aromatic rings. The van der Waals surface area contributed by atoms with E-state index in [-0.39, 0.29) is 36.1 Å². The van der Waals surface area contributed by atoms with E-state index < -0.39 is 42.7 Å². The van der Waals surface area contributed by atoms with Crippen LogP contribution in [-0.2, 0) is 42.4 Å². The van der Waals surface area contributed by atoms with E-state index in [1.54, 1.807) is 45.9 Å². The summed E-state index contributed by atoms with van der Waals surface area (Å²) < 4.78 is 19.1. The minimum atomic E-state index is -1.21. The number of nitrogens with zero attached hydrogens (tertiary/aromatic N) is 7. The van der Waals surface area contributed by atoms with Crippen LogP contribution in [0.4, 0.5) is 4.39 Å². The third-order valence-electron chi connectivity index (χ3n) is 11.3. The van der Waals surface area contributed by atoms with Gasteiger partial charge in [0.05, 0.1) is 35.4 Å². The molecule has 3 N–H and O–H groups in total. The molecule has 3 aliphatic rings. The number of carboxylic acids is 1. The summed E-state index contributed by atoms with van der Waals surface area (Å²) in [6.45, 7) is 2.60. The van der Waals surface area contributed by atoms with Crippen LogP contribution in [0, 0.1) is 11.7 Å². The van der Waals surface area contributed by atoms with Gasteiger partial charge in [0.15, 0.2) is 0 Å². The molecule has 16 nitrogen and oxygen atoms in total. The number of hydrogen-bond donors (Lipinski definition) is 3. The Labute approximate surface area is 321 Å². The molecule has 0 saturated carbocycles. The number of benzene rings is 2. The fourth-order valence-corrected chi connectivity index (χ4v) is 8.50. The zero-order chi connectivity index (χ0) is 39.7. The van der Waals surface area contributed by atoms with Crippen molar-refractivity contribution in [2.45, 2.75) is 64.0 Å². The van der Waals surface area contributed by atoms with Crippen LogP contribution in [0.1, 0.15) is 57.1 Å². The minimum Gasteiger partial charge on any atom is -0.480 e. The number of carboxylic acid groups (broad SMARTS) is 1. The van der Waals surface area contributed by atoms with Gasteiger partial charge in [-0.1, -0.05) is 12.1 Å². The van der Waals surface area contributed by atoms with E-state index in [0.717, 1.165) is 11.9 Å². The SMILES string of the molecule is CC(=O)N1CCCC1C(=O)N1CCCC(C(=O)N2CCC(c3nn(CC(=O)NCC(=O)NCC(=O)O)c4cccc(-c5cc6c(cnn6C)cc5F)c34)CC2)C1. The Morgan fingerprint density at radius 1 is 0.857 bits per heavy atom. The van der Waals surface area contributed by atoms with Crippen molar-refractivity contribution in [3.63, 3.8) is 0 Å². The van der Waals surface area contributed by atoms with Crippen molar-refractivity contribution in [3.05, 3.63) is 48.0 Å². The highest BCUT2D eigenvalue weighted by atomic mass is 19.1. The van der Waals surface area contributed by atoms with Crippen molar-refractivity contribution < 1.29 is 38.3 Å². The van der Waals surface area contributed by atoms with Gasteiger partial charge < -0.3 is 30.4 Å². The maximum absolute atomic E-state index is 15.9. The summed E-state index contributed by atoms with van der Waals surface area (Å²) in [5, 5.41) is 24.1. The number of carbonyl (C=O) groups excluding carboxylic acids is 5. The fraction of sp³-hybridized carbons (Fsp3) is 0.487. The Bertz CT molecular complexity index is 2210. The number of amides is 5. The first-order chi connectivity index (χ1) is 26.9. The number of aliphatic carboxylic acids is 1. The summed E-state index contributed by atoms with van der Waals surface area (Å²) in [6, 6.07) is 8.12. The quantitative estimate of drug-likeness (QED) is 0.217. The number of nitrogens with one attached hydrogen (secondary N) is 2. The Kier molecular flexibility index (Phi) is 11.0. The van der Waals surface area contributed by atoms with Crippen LogP contribution in [0.25, 0.3) is 32.9 Å². The van der Waals surface area contributed by atoms with Gasteiger partial charge in [0.2, 0.25) is 29.5 Å². The first kappa shape index (κ1) is 38.4. The normalized spacial score (nSPS) is 19.1. The summed E-state index contributed by atoms with van der Waals surface area (Å²) in [5.41, 5.74) is 2.93. The Balaban J connectivity index is 1.11. The second kappa shape index (κ2) is 16.1. The molecular formula is C39H46FN9O7. The highest BCUT2D eigenvalue weighted by molar-refractivity contribution is 6.00. The standard InChI is InChI=1S/C39H46FN9O7/c1-23(50)48-13-5-9-31(48)39(56)47-12-4-6-25(21-47)38(55)46-14-10-24(11-15-46)37-36-27(28-17-32-26(16-29(28)40)18-43-45(32)2)7-3-8-30(36)49(44-37)22-34(52)41-19-33(51)42-20-35(53)54/h3,7-8,16-18,24-25,31H,4-6,9-15,19-22H2,1-2H3,(H,41,52)(H,42,51)(H,53,54). The average Bonchev–Trinajstić information content (AvgIpc) is 3.93. The molecule has 5 heterocycles. The van der Waals surface area contributed by atoms with Gasteiger partial charge in [-0.15, -0.1) is 0 Å². The lowest BCUT2D eigenvalue weighted by atomic mass is 9.88. The fourth-order valence-electron chi connectivity index (χ4n) is 8.50. The van der Waals surface area contributed by atoms with Crippen LogP contribution in [0.5, 0.6) is 0 Å².